The van der Waals surface area contributed by atoms with Gasteiger partial charge < -0.3 is 5.11 Å². The molecule has 1 N–H and O–H groups in total. The molecular weight excluding hydrogens is 220 g/mol. The van der Waals surface area contributed by atoms with Gasteiger partial charge in [0, 0.05) is 6.61 Å². The fourth-order valence-electron chi connectivity index (χ4n) is 1.94. The minimum absolute atomic E-state index is 0.350. The summed E-state index contributed by atoms with van der Waals surface area (Å²) in [7, 11) is 0. The summed E-state index contributed by atoms with van der Waals surface area (Å²) < 4.78 is 0. The van der Waals surface area contributed by atoms with Crippen LogP contribution < -0.4 is 0 Å². The quantitative estimate of drug-likeness (QED) is 0.343. The van der Waals surface area contributed by atoms with Crippen molar-refractivity contribution in [2.45, 2.75) is 77.6 Å². The summed E-state index contributed by atoms with van der Waals surface area (Å²) in [6, 6.07) is 0. The van der Waals surface area contributed by atoms with Gasteiger partial charge in [0.1, 0.15) is 0 Å². The van der Waals surface area contributed by atoms with E-state index in [2.05, 4.69) is 31.2 Å². The zero-order valence-corrected chi connectivity index (χ0v) is 12.2. The first kappa shape index (κ1) is 17.4. The summed E-state index contributed by atoms with van der Waals surface area (Å²) in [6.45, 7) is 2.60. The van der Waals surface area contributed by atoms with E-state index in [0.29, 0.717) is 6.61 Å². The van der Waals surface area contributed by atoms with Crippen LogP contribution in [-0.4, -0.2) is 11.7 Å². The molecule has 0 aliphatic rings. The third-order valence-electron chi connectivity index (χ3n) is 3.14. The summed E-state index contributed by atoms with van der Waals surface area (Å²) in [6.07, 6.45) is 22.8. The number of hydrogen-bond acceptors (Lipinski definition) is 1. The number of aliphatic hydroxyl groups is 1. The second-order valence-electron chi connectivity index (χ2n) is 4.99. The van der Waals surface area contributed by atoms with Crippen LogP contribution in [0.25, 0.3) is 0 Å². The standard InChI is InChI=1S/C17H32O/c1-2-3-4-5-6-7-8-9-10-11-12-13-14-15-16-17-18/h7-10,18H,2-6,11-17H2,1H3/b8-7-,10-9-. The fourth-order valence-corrected chi connectivity index (χ4v) is 1.94. The first-order valence-electron chi connectivity index (χ1n) is 7.84. The number of aliphatic hydroxyl groups excluding tert-OH is 1. The minimum Gasteiger partial charge on any atom is -0.396 e. The van der Waals surface area contributed by atoms with Gasteiger partial charge >= 0.3 is 0 Å². The highest BCUT2D eigenvalue weighted by Gasteiger charge is 1.88. The molecule has 0 unspecified atom stereocenters. The first-order chi connectivity index (χ1) is 8.91. The molecule has 0 saturated carbocycles. The molecule has 0 saturated heterocycles. The third-order valence-corrected chi connectivity index (χ3v) is 3.14. The molecule has 0 radical (unpaired) electrons. The SMILES string of the molecule is CCCCCC/C=C\C=C/CCCCCCCO. The fraction of sp³-hybridized carbons (Fsp3) is 0.765. The topological polar surface area (TPSA) is 20.2 Å². The molecule has 18 heavy (non-hydrogen) atoms. The molecule has 0 heterocycles. The van der Waals surface area contributed by atoms with E-state index >= 15 is 0 Å². The van der Waals surface area contributed by atoms with Crippen molar-refractivity contribution < 1.29 is 5.11 Å². The van der Waals surface area contributed by atoms with Gasteiger partial charge in [-0.15, -0.1) is 0 Å². The zero-order chi connectivity index (χ0) is 13.3. The minimum atomic E-state index is 0.350. The smallest absolute Gasteiger partial charge is 0.0431 e. The highest BCUT2D eigenvalue weighted by Crippen LogP contribution is 2.06. The molecule has 0 aliphatic heterocycles. The maximum atomic E-state index is 8.64. The Hall–Kier alpha value is -0.560. The monoisotopic (exact) mass is 252 g/mol. The van der Waals surface area contributed by atoms with Crippen molar-refractivity contribution in [2.24, 2.45) is 0 Å². The molecule has 1 heteroatoms. The maximum absolute atomic E-state index is 8.64. The van der Waals surface area contributed by atoms with Crippen LogP contribution >= 0.6 is 0 Å². The largest absolute Gasteiger partial charge is 0.396 e. The van der Waals surface area contributed by atoms with Crippen LogP contribution in [0.1, 0.15) is 77.6 Å². The Balaban J connectivity index is 3.14. The van der Waals surface area contributed by atoms with Gasteiger partial charge in [0.05, 0.1) is 0 Å². The van der Waals surface area contributed by atoms with E-state index in [-0.39, 0.29) is 0 Å². The van der Waals surface area contributed by atoms with Crippen LogP contribution in [0.4, 0.5) is 0 Å². The average molecular weight is 252 g/mol. The predicted molar refractivity (Wildman–Crippen MR) is 81.8 cm³/mol. The molecule has 0 atom stereocenters. The number of allylic oxidation sites excluding steroid dienone is 4. The van der Waals surface area contributed by atoms with Gasteiger partial charge in [-0.1, -0.05) is 69.8 Å². The van der Waals surface area contributed by atoms with Gasteiger partial charge in [0.15, 0.2) is 0 Å². The maximum Gasteiger partial charge on any atom is 0.0431 e. The molecule has 0 fully saturated rings. The zero-order valence-electron chi connectivity index (χ0n) is 12.2. The highest BCUT2D eigenvalue weighted by molar-refractivity contribution is 5.02. The van der Waals surface area contributed by atoms with Crippen molar-refractivity contribution in [2.75, 3.05) is 6.61 Å². The van der Waals surface area contributed by atoms with Crippen LogP contribution in [0.5, 0.6) is 0 Å². The first-order valence-corrected chi connectivity index (χ1v) is 7.84. The lowest BCUT2D eigenvalue weighted by molar-refractivity contribution is 0.282. The van der Waals surface area contributed by atoms with Crippen molar-refractivity contribution in [3.8, 4) is 0 Å². The molecular formula is C17H32O. The number of unbranched alkanes of at least 4 members (excludes halogenated alkanes) is 9. The Morgan fingerprint density at radius 1 is 0.667 bits per heavy atom. The highest BCUT2D eigenvalue weighted by atomic mass is 16.2. The second kappa shape index (κ2) is 16.4. The summed E-state index contributed by atoms with van der Waals surface area (Å²) in [4.78, 5) is 0. The Kier molecular flexibility index (Phi) is 15.9. The van der Waals surface area contributed by atoms with Gasteiger partial charge in [0.2, 0.25) is 0 Å². The van der Waals surface area contributed by atoms with Crippen LogP contribution in [0.2, 0.25) is 0 Å². The Labute approximate surface area is 114 Å². The van der Waals surface area contributed by atoms with Gasteiger partial charge in [-0.2, -0.15) is 0 Å². The second-order valence-corrected chi connectivity index (χ2v) is 4.99. The Morgan fingerprint density at radius 3 is 1.72 bits per heavy atom. The van der Waals surface area contributed by atoms with Crippen molar-refractivity contribution >= 4 is 0 Å². The average Bonchev–Trinajstić information content (AvgIpc) is 2.39. The summed E-state index contributed by atoms with van der Waals surface area (Å²) in [5.41, 5.74) is 0. The van der Waals surface area contributed by atoms with E-state index in [1.807, 2.05) is 0 Å². The van der Waals surface area contributed by atoms with E-state index in [1.54, 1.807) is 0 Å². The molecule has 1 nitrogen and oxygen atoms in total. The van der Waals surface area contributed by atoms with Gasteiger partial charge in [-0.05, 0) is 32.1 Å². The van der Waals surface area contributed by atoms with Gasteiger partial charge in [-0.25, -0.2) is 0 Å². The number of rotatable bonds is 13. The summed E-state index contributed by atoms with van der Waals surface area (Å²) in [5, 5.41) is 8.64. The van der Waals surface area contributed by atoms with Gasteiger partial charge in [-0.3, -0.25) is 0 Å². The van der Waals surface area contributed by atoms with Crippen LogP contribution in [0, 0.1) is 0 Å². The van der Waals surface area contributed by atoms with E-state index in [0.717, 1.165) is 6.42 Å². The third kappa shape index (κ3) is 15.4. The molecule has 0 aromatic rings. The van der Waals surface area contributed by atoms with Crippen molar-refractivity contribution in [3.05, 3.63) is 24.3 Å². The normalized spacial score (nSPS) is 11.9. The lowest BCUT2D eigenvalue weighted by Crippen LogP contribution is -1.82. The lowest BCUT2D eigenvalue weighted by Gasteiger charge is -1.97. The number of hydrogen-bond donors (Lipinski definition) is 1. The lowest BCUT2D eigenvalue weighted by atomic mass is 10.1. The molecule has 0 aromatic heterocycles. The molecule has 106 valence electrons. The van der Waals surface area contributed by atoms with Crippen LogP contribution in [-0.2, 0) is 0 Å². The van der Waals surface area contributed by atoms with E-state index in [9.17, 15) is 0 Å². The molecule has 0 aliphatic carbocycles. The van der Waals surface area contributed by atoms with E-state index in [1.165, 1.54) is 64.2 Å². The Morgan fingerprint density at radius 2 is 1.17 bits per heavy atom. The summed E-state index contributed by atoms with van der Waals surface area (Å²) >= 11 is 0. The van der Waals surface area contributed by atoms with Crippen LogP contribution in [0.15, 0.2) is 24.3 Å². The summed E-state index contributed by atoms with van der Waals surface area (Å²) in [5.74, 6) is 0. The molecule has 0 amide bonds. The van der Waals surface area contributed by atoms with Crippen molar-refractivity contribution in [1.29, 1.82) is 0 Å². The van der Waals surface area contributed by atoms with E-state index in [4.69, 9.17) is 5.11 Å². The van der Waals surface area contributed by atoms with Gasteiger partial charge in [0.25, 0.3) is 0 Å². The van der Waals surface area contributed by atoms with Crippen molar-refractivity contribution in [1.82, 2.24) is 0 Å². The van der Waals surface area contributed by atoms with Crippen LogP contribution in [0.3, 0.4) is 0 Å². The predicted octanol–water partition coefficient (Wildman–Crippen LogP) is 5.40. The van der Waals surface area contributed by atoms with E-state index < -0.39 is 0 Å². The molecule has 0 bridgehead atoms. The molecule has 0 aromatic carbocycles. The molecule has 0 spiro atoms. The molecule has 0 rings (SSSR count). The Bertz CT molecular complexity index is 194. The van der Waals surface area contributed by atoms with Crippen molar-refractivity contribution in [3.63, 3.8) is 0 Å².